The standard InChI is InChI=1S/C11H10Cl2FN3/c1-15-5-11-16-4-10(17-11)6-2-9(14)8(13)3-7(6)12/h2-4,15H,5H2,1H3,(H,16,17). The van der Waals surface area contributed by atoms with Crippen LogP contribution in [0.2, 0.25) is 10.0 Å². The zero-order chi connectivity index (χ0) is 12.4. The quantitative estimate of drug-likeness (QED) is 0.843. The molecule has 0 unspecified atom stereocenters. The molecule has 2 aromatic rings. The first-order valence-corrected chi connectivity index (χ1v) is 5.71. The number of rotatable bonds is 3. The minimum absolute atomic E-state index is 0.00807. The Balaban J connectivity index is 2.41. The van der Waals surface area contributed by atoms with E-state index in [1.54, 1.807) is 6.20 Å². The highest BCUT2D eigenvalue weighted by Gasteiger charge is 2.11. The SMILES string of the molecule is CNCc1ncc(-c2cc(F)c(Cl)cc2Cl)[nH]1. The van der Waals surface area contributed by atoms with Crippen molar-refractivity contribution in [2.45, 2.75) is 6.54 Å². The molecular formula is C11H10Cl2FN3. The molecule has 2 N–H and O–H groups in total. The monoisotopic (exact) mass is 273 g/mol. The molecule has 17 heavy (non-hydrogen) atoms. The van der Waals surface area contributed by atoms with Crippen LogP contribution in [0.15, 0.2) is 18.3 Å². The summed E-state index contributed by atoms with van der Waals surface area (Å²) < 4.78 is 13.4. The van der Waals surface area contributed by atoms with E-state index in [0.717, 1.165) is 5.82 Å². The molecule has 0 bridgehead atoms. The van der Waals surface area contributed by atoms with Gasteiger partial charge in [0.15, 0.2) is 0 Å². The number of nitrogens with one attached hydrogen (secondary N) is 2. The molecule has 0 aliphatic heterocycles. The summed E-state index contributed by atoms with van der Waals surface area (Å²) in [6.07, 6.45) is 1.61. The van der Waals surface area contributed by atoms with Crippen molar-refractivity contribution in [1.82, 2.24) is 15.3 Å². The predicted molar refractivity (Wildman–Crippen MR) is 66.8 cm³/mol. The Kier molecular flexibility index (Phi) is 3.66. The van der Waals surface area contributed by atoms with Crippen molar-refractivity contribution < 1.29 is 4.39 Å². The molecule has 0 amide bonds. The lowest BCUT2D eigenvalue weighted by atomic mass is 10.1. The summed E-state index contributed by atoms with van der Waals surface area (Å²) in [7, 11) is 1.82. The van der Waals surface area contributed by atoms with Crippen LogP contribution in [0.25, 0.3) is 11.3 Å². The Morgan fingerprint density at radius 3 is 2.82 bits per heavy atom. The predicted octanol–water partition coefficient (Wildman–Crippen LogP) is 3.24. The summed E-state index contributed by atoms with van der Waals surface area (Å²) >= 11 is 11.6. The van der Waals surface area contributed by atoms with E-state index in [-0.39, 0.29) is 5.02 Å². The second-order valence-electron chi connectivity index (χ2n) is 3.52. The molecule has 0 atom stereocenters. The topological polar surface area (TPSA) is 40.7 Å². The van der Waals surface area contributed by atoms with Crippen LogP contribution in [0.1, 0.15) is 5.82 Å². The highest BCUT2D eigenvalue weighted by molar-refractivity contribution is 6.36. The molecule has 1 heterocycles. The molecule has 90 valence electrons. The van der Waals surface area contributed by atoms with Crippen LogP contribution in [0, 0.1) is 5.82 Å². The van der Waals surface area contributed by atoms with Crippen molar-refractivity contribution in [2.75, 3.05) is 7.05 Å². The lowest BCUT2D eigenvalue weighted by Gasteiger charge is -2.03. The molecule has 1 aromatic heterocycles. The number of H-pyrrole nitrogens is 1. The molecule has 0 fully saturated rings. The van der Waals surface area contributed by atoms with E-state index in [2.05, 4.69) is 15.3 Å². The van der Waals surface area contributed by atoms with Gasteiger partial charge < -0.3 is 10.3 Å². The highest BCUT2D eigenvalue weighted by atomic mass is 35.5. The fourth-order valence-electron chi connectivity index (χ4n) is 1.49. The smallest absolute Gasteiger partial charge is 0.142 e. The summed E-state index contributed by atoms with van der Waals surface area (Å²) in [5.74, 6) is 0.254. The maximum absolute atomic E-state index is 13.4. The average molecular weight is 274 g/mol. The molecule has 0 saturated carbocycles. The first-order valence-electron chi connectivity index (χ1n) is 4.95. The van der Waals surface area contributed by atoms with Crippen LogP contribution in [0.5, 0.6) is 0 Å². The van der Waals surface area contributed by atoms with Gasteiger partial charge in [-0.2, -0.15) is 0 Å². The Morgan fingerprint density at radius 1 is 1.35 bits per heavy atom. The Morgan fingerprint density at radius 2 is 2.12 bits per heavy atom. The van der Waals surface area contributed by atoms with Gasteiger partial charge in [-0.15, -0.1) is 0 Å². The molecule has 2 rings (SSSR count). The average Bonchev–Trinajstić information content (AvgIpc) is 2.72. The number of aromatic amines is 1. The largest absolute Gasteiger partial charge is 0.341 e. The molecule has 0 saturated heterocycles. The van der Waals surface area contributed by atoms with Crippen LogP contribution in [0.3, 0.4) is 0 Å². The van der Waals surface area contributed by atoms with E-state index in [0.29, 0.717) is 22.8 Å². The van der Waals surface area contributed by atoms with Gasteiger partial charge in [0.05, 0.1) is 28.5 Å². The number of hydrogen-bond acceptors (Lipinski definition) is 2. The lowest BCUT2D eigenvalue weighted by molar-refractivity contribution is 0.628. The third-order valence-corrected chi connectivity index (χ3v) is 2.88. The van der Waals surface area contributed by atoms with Crippen molar-refractivity contribution in [2.24, 2.45) is 0 Å². The number of aromatic nitrogens is 2. The van der Waals surface area contributed by atoms with Crippen molar-refractivity contribution in [3.8, 4) is 11.3 Å². The fraction of sp³-hybridized carbons (Fsp3) is 0.182. The van der Waals surface area contributed by atoms with Crippen LogP contribution in [-0.4, -0.2) is 17.0 Å². The normalized spacial score (nSPS) is 10.8. The summed E-state index contributed by atoms with van der Waals surface area (Å²) in [4.78, 5) is 7.19. The molecule has 0 aliphatic carbocycles. The van der Waals surface area contributed by atoms with Gasteiger partial charge in [0.1, 0.15) is 11.6 Å². The van der Waals surface area contributed by atoms with Crippen LogP contribution >= 0.6 is 23.2 Å². The molecule has 0 radical (unpaired) electrons. The van der Waals surface area contributed by atoms with Gasteiger partial charge in [-0.05, 0) is 19.2 Å². The Bertz CT molecular complexity index is 540. The number of halogens is 3. The van der Waals surface area contributed by atoms with E-state index >= 15 is 0 Å². The third kappa shape index (κ3) is 2.60. The number of imidazole rings is 1. The minimum Gasteiger partial charge on any atom is -0.341 e. The Hall–Kier alpha value is -1.10. The van der Waals surface area contributed by atoms with E-state index < -0.39 is 5.82 Å². The Labute approximate surface area is 108 Å². The maximum Gasteiger partial charge on any atom is 0.142 e. The highest BCUT2D eigenvalue weighted by Crippen LogP contribution is 2.31. The maximum atomic E-state index is 13.4. The summed E-state index contributed by atoms with van der Waals surface area (Å²) in [5.41, 5.74) is 1.21. The number of benzene rings is 1. The van der Waals surface area contributed by atoms with Gasteiger partial charge in [0, 0.05) is 5.56 Å². The third-order valence-electron chi connectivity index (χ3n) is 2.27. The first kappa shape index (κ1) is 12.4. The van der Waals surface area contributed by atoms with Crippen LogP contribution in [0.4, 0.5) is 4.39 Å². The molecule has 3 nitrogen and oxygen atoms in total. The number of hydrogen-bond donors (Lipinski definition) is 2. The van der Waals surface area contributed by atoms with Crippen molar-refractivity contribution in [3.63, 3.8) is 0 Å². The van der Waals surface area contributed by atoms with Gasteiger partial charge in [0.2, 0.25) is 0 Å². The van der Waals surface area contributed by atoms with Crippen molar-refractivity contribution in [3.05, 3.63) is 40.0 Å². The minimum atomic E-state index is -0.504. The van der Waals surface area contributed by atoms with Crippen LogP contribution in [-0.2, 0) is 6.54 Å². The van der Waals surface area contributed by atoms with Crippen molar-refractivity contribution >= 4 is 23.2 Å². The van der Waals surface area contributed by atoms with E-state index in [1.165, 1.54) is 12.1 Å². The zero-order valence-electron chi connectivity index (χ0n) is 9.02. The second-order valence-corrected chi connectivity index (χ2v) is 4.33. The summed E-state index contributed by atoms with van der Waals surface area (Å²) in [6, 6.07) is 2.67. The molecule has 1 aromatic carbocycles. The molecule has 0 spiro atoms. The van der Waals surface area contributed by atoms with Crippen molar-refractivity contribution in [1.29, 1.82) is 0 Å². The van der Waals surface area contributed by atoms with E-state index in [9.17, 15) is 4.39 Å². The second kappa shape index (κ2) is 5.04. The molecule has 0 aliphatic rings. The van der Waals surface area contributed by atoms with Gasteiger partial charge in [-0.1, -0.05) is 23.2 Å². The van der Waals surface area contributed by atoms with Gasteiger partial charge in [-0.3, -0.25) is 0 Å². The van der Waals surface area contributed by atoms with E-state index in [1.807, 2.05) is 7.05 Å². The van der Waals surface area contributed by atoms with Gasteiger partial charge in [0.25, 0.3) is 0 Å². The number of nitrogens with zero attached hydrogens (tertiary/aromatic N) is 1. The summed E-state index contributed by atoms with van der Waals surface area (Å²) in [6.45, 7) is 0.605. The van der Waals surface area contributed by atoms with Crippen LogP contribution < -0.4 is 5.32 Å². The van der Waals surface area contributed by atoms with Gasteiger partial charge >= 0.3 is 0 Å². The van der Waals surface area contributed by atoms with E-state index in [4.69, 9.17) is 23.2 Å². The lowest BCUT2D eigenvalue weighted by Crippen LogP contribution is -2.06. The fourth-order valence-corrected chi connectivity index (χ4v) is 1.97. The molecule has 6 heteroatoms. The summed E-state index contributed by atoms with van der Waals surface area (Å²) in [5, 5.41) is 3.36. The first-order chi connectivity index (χ1) is 8.11. The molecular weight excluding hydrogens is 264 g/mol. The zero-order valence-corrected chi connectivity index (χ0v) is 10.5. The van der Waals surface area contributed by atoms with Gasteiger partial charge in [-0.25, -0.2) is 9.37 Å².